The van der Waals surface area contributed by atoms with Gasteiger partial charge in [-0.15, -0.1) is 0 Å². The summed E-state index contributed by atoms with van der Waals surface area (Å²) >= 11 is 0. The number of aldehydes is 1. The molecule has 0 aliphatic rings. The molecule has 9 heteroatoms. The molecule has 0 aliphatic carbocycles. The predicted octanol–water partition coefficient (Wildman–Crippen LogP) is 4.04. The van der Waals surface area contributed by atoms with E-state index in [1.807, 2.05) is 0 Å². The number of carbonyl (C=O) groups is 1. The standard InChI is InChI=1S/C19H11F3N4O2/c20-12-1-3-14(4-2-12)26-17-6-13(10-27)24-9-16(17)18(25-26)11-5-15(8-23-7-11)28-19(21)22/h1-10,19H. The second kappa shape index (κ2) is 7.10. The van der Waals surface area contributed by atoms with Crippen molar-refractivity contribution in [3.8, 4) is 22.7 Å². The Labute approximate surface area is 156 Å². The molecule has 140 valence electrons. The van der Waals surface area contributed by atoms with E-state index in [1.165, 1.54) is 53.5 Å². The van der Waals surface area contributed by atoms with Crippen LogP contribution >= 0.6 is 0 Å². The molecule has 1 aromatic carbocycles. The first-order valence-electron chi connectivity index (χ1n) is 8.05. The first-order chi connectivity index (χ1) is 13.5. The fourth-order valence-corrected chi connectivity index (χ4v) is 2.80. The Morgan fingerprint density at radius 3 is 2.57 bits per heavy atom. The minimum absolute atomic E-state index is 0.116. The number of alkyl halides is 2. The van der Waals surface area contributed by atoms with E-state index in [4.69, 9.17) is 0 Å². The van der Waals surface area contributed by atoms with Gasteiger partial charge < -0.3 is 4.74 Å². The van der Waals surface area contributed by atoms with Crippen LogP contribution in [0.25, 0.3) is 27.8 Å². The fourth-order valence-electron chi connectivity index (χ4n) is 2.80. The van der Waals surface area contributed by atoms with Gasteiger partial charge in [-0.3, -0.25) is 14.8 Å². The Morgan fingerprint density at radius 2 is 1.86 bits per heavy atom. The first-order valence-corrected chi connectivity index (χ1v) is 8.05. The third-order valence-electron chi connectivity index (χ3n) is 3.99. The van der Waals surface area contributed by atoms with Crippen LogP contribution in [0.1, 0.15) is 10.5 Å². The summed E-state index contributed by atoms with van der Waals surface area (Å²) in [7, 11) is 0. The number of halogens is 3. The lowest BCUT2D eigenvalue weighted by atomic mass is 10.1. The van der Waals surface area contributed by atoms with E-state index in [0.717, 1.165) is 6.20 Å². The SMILES string of the molecule is O=Cc1cc2c(cn1)c(-c1cncc(OC(F)F)c1)nn2-c1ccc(F)cc1. The number of benzene rings is 1. The largest absolute Gasteiger partial charge is 0.433 e. The van der Waals surface area contributed by atoms with Crippen molar-refractivity contribution in [3.05, 3.63) is 66.5 Å². The molecule has 0 bridgehead atoms. The Hall–Kier alpha value is -3.75. The second-order valence-corrected chi connectivity index (χ2v) is 5.77. The van der Waals surface area contributed by atoms with E-state index in [2.05, 4.69) is 19.8 Å². The lowest BCUT2D eigenvalue weighted by molar-refractivity contribution is -0.0500. The number of hydrogen-bond donors (Lipinski definition) is 0. The maximum Gasteiger partial charge on any atom is 0.387 e. The molecule has 0 aliphatic heterocycles. The summed E-state index contributed by atoms with van der Waals surface area (Å²) in [6.07, 6.45) is 4.67. The lowest BCUT2D eigenvalue weighted by Gasteiger charge is -2.05. The Kier molecular flexibility index (Phi) is 4.48. The summed E-state index contributed by atoms with van der Waals surface area (Å²) in [6, 6.07) is 8.53. The van der Waals surface area contributed by atoms with E-state index in [0.29, 0.717) is 34.1 Å². The molecule has 0 unspecified atom stereocenters. The number of rotatable bonds is 5. The molecule has 0 N–H and O–H groups in total. The van der Waals surface area contributed by atoms with Gasteiger partial charge in [-0.2, -0.15) is 13.9 Å². The molecule has 3 aromatic heterocycles. The normalized spacial score (nSPS) is 11.1. The highest BCUT2D eigenvalue weighted by atomic mass is 19.3. The van der Waals surface area contributed by atoms with Crippen LogP contribution in [0.15, 0.2) is 55.0 Å². The van der Waals surface area contributed by atoms with Gasteiger partial charge in [0.1, 0.15) is 23.0 Å². The zero-order valence-corrected chi connectivity index (χ0v) is 14.1. The van der Waals surface area contributed by atoms with Crippen LogP contribution in [0.4, 0.5) is 13.2 Å². The maximum atomic E-state index is 13.3. The molecule has 3 heterocycles. The molecule has 4 aromatic rings. The van der Waals surface area contributed by atoms with Crippen LogP contribution in [0.5, 0.6) is 5.75 Å². The summed E-state index contributed by atoms with van der Waals surface area (Å²) in [5.41, 5.74) is 2.10. The molecular formula is C19H11F3N4O2. The van der Waals surface area contributed by atoms with Gasteiger partial charge in [-0.25, -0.2) is 9.07 Å². The predicted molar refractivity (Wildman–Crippen MR) is 94.1 cm³/mol. The van der Waals surface area contributed by atoms with Crippen molar-refractivity contribution < 1.29 is 22.7 Å². The molecule has 0 atom stereocenters. The minimum atomic E-state index is -2.98. The molecule has 28 heavy (non-hydrogen) atoms. The Balaban J connectivity index is 1.92. The molecule has 6 nitrogen and oxygen atoms in total. The Bertz CT molecular complexity index is 1160. The van der Waals surface area contributed by atoms with E-state index < -0.39 is 12.4 Å². The van der Waals surface area contributed by atoms with Crippen LogP contribution in [-0.2, 0) is 0 Å². The van der Waals surface area contributed by atoms with Gasteiger partial charge in [0.25, 0.3) is 0 Å². The van der Waals surface area contributed by atoms with Gasteiger partial charge in [-0.1, -0.05) is 0 Å². The molecule has 0 amide bonds. The van der Waals surface area contributed by atoms with Crippen LogP contribution < -0.4 is 4.74 Å². The smallest absolute Gasteiger partial charge is 0.387 e. The first kappa shape index (κ1) is 17.7. The number of carbonyl (C=O) groups excluding carboxylic acids is 1. The zero-order valence-electron chi connectivity index (χ0n) is 14.1. The molecule has 4 rings (SSSR count). The average Bonchev–Trinajstić information content (AvgIpc) is 3.07. The number of pyridine rings is 2. The molecule has 0 spiro atoms. The topological polar surface area (TPSA) is 69.9 Å². The van der Waals surface area contributed by atoms with Gasteiger partial charge in [0.2, 0.25) is 0 Å². The van der Waals surface area contributed by atoms with Crippen LogP contribution in [0, 0.1) is 5.82 Å². The fraction of sp³-hybridized carbons (Fsp3) is 0.0526. The van der Waals surface area contributed by atoms with Gasteiger partial charge in [0, 0.05) is 23.3 Å². The molecular weight excluding hydrogens is 373 g/mol. The maximum absolute atomic E-state index is 13.3. The van der Waals surface area contributed by atoms with Crippen molar-refractivity contribution in [3.63, 3.8) is 0 Å². The number of hydrogen-bond acceptors (Lipinski definition) is 5. The number of nitrogens with zero attached hydrogens (tertiary/aromatic N) is 4. The number of fused-ring (bicyclic) bond motifs is 1. The molecule has 0 radical (unpaired) electrons. The summed E-state index contributed by atoms with van der Waals surface area (Å²) < 4.78 is 44.2. The molecule has 0 saturated carbocycles. The Morgan fingerprint density at radius 1 is 1.07 bits per heavy atom. The summed E-state index contributed by atoms with van der Waals surface area (Å²) in [4.78, 5) is 19.1. The van der Waals surface area contributed by atoms with E-state index in [-0.39, 0.29) is 11.4 Å². The quantitative estimate of drug-likeness (QED) is 0.486. The summed E-state index contributed by atoms with van der Waals surface area (Å²) in [5, 5.41) is 5.07. The van der Waals surface area contributed by atoms with E-state index >= 15 is 0 Å². The van der Waals surface area contributed by atoms with Gasteiger partial charge in [0.05, 0.1) is 17.4 Å². The van der Waals surface area contributed by atoms with Crippen LogP contribution in [0.2, 0.25) is 0 Å². The highest BCUT2D eigenvalue weighted by molar-refractivity contribution is 5.95. The van der Waals surface area contributed by atoms with Crippen molar-refractivity contribution in [2.24, 2.45) is 0 Å². The van der Waals surface area contributed by atoms with Crippen molar-refractivity contribution in [1.82, 2.24) is 19.7 Å². The average molecular weight is 384 g/mol. The lowest BCUT2D eigenvalue weighted by Crippen LogP contribution is -2.02. The zero-order chi connectivity index (χ0) is 19.7. The molecule has 0 fully saturated rings. The highest BCUT2D eigenvalue weighted by Crippen LogP contribution is 2.31. The van der Waals surface area contributed by atoms with Crippen molar-refractivity contribution in [1.29, 1.82) is 0 Å². The summed E-state index contributed by atoms with van der Waals surface area (Å²) in [6.45, 7) is -2.98. The molecule has 0 saturated heterocycles. The van der Waals surface area contributed by atoms with E-state index in [9.17, 15) is 18.0 Å². The van der Waals surface area contributed by atoms with Crippen molar-refractivity contribution in [2.45, 2.75) is 6.61 Å². The van der Waals surface area contributed by atoms with Crippen LogP contribution in [0.3, 0.4) is 0 Å². The number of aromatic nitrogens is 4. The number of ether oxygens (including phenoxy) is 1. The summed E-state index contributed by atoms with van der Waals surface area (Å²) in [5.74, 6) is -0.522. The second-order valence-electron chi connectivity index (χ2n) is 5.77. The van der Waals surface area contributed by atoms with E-state index in [1.54, 1.807) is 0 Å². The highest BCUT2D eigenvalue weighted by Gasteiger charge is 2.16. The third-order valence-corrected chi connectivity index (χ3v) is 3.99. The van der Waals surface area contributed by atoms with Crippen LogP contribution in [-0.4, -0.2) is 32.6 Å². The van der Waals surface area contributed by atoms with Gasteiger partial charge >= 0.3 is 6.61 Å². The third kappa shape index (κ3) is 3.29. The minimum Gasteiger partial charge on any atom is -0.433 e. The van der Waals surface area contributed by atoms with Gasteiger partial charge in [-0.05, 0) is 36.4 Å². The monoisotopic (exact) mass is 384 g/mol. The van der Waals surface area contributed by atoms with Crippen molar-refractivity contribution >= 4 is 17.2 Å². The van der Waals surface area contributed by atoms with Crippen molar-refractivity contribution in [2.75, 3.05) is 0 Å². The van der Waals surface area contributed by atoms with Gasteiger partial charge in [0.15, 0.2) is 6.29 Å².